The first-order chi connectivity index (χ1) is 19.8. The molecule has 0 saturated heterocycles. The molecule has 0 spiro atoms. The number of aromatic hydroxyl groups is 3. The van der Waals surface area contributed by atoms with Gasteiger partial charge in [-0.05, 0) is 12.1 Å². The van der Waals surface area contributed by atoms with E-state index in [0.717, 1.165) is 30.3 Å². The van der Waals surface area contributed by atoms with Gasteiger partial charge in [0.2, 0.25) is 17.8 Å². The molecule has 12 N–H and O–H groups in total. The van der Waals surface area contributed by atoms with Crippen LogP contribution >= 0.6 is 0 Å². The van der Waals surface area contributed by atoms with Gasteiger partial charge in [0, 0.05) is 35.0 Å². The van der Waals surface area contributed by atoms with Crippen LogP contribution in [0.1, 0.15) is 0 Å². The molecule has 22 nitrogen and oxygen atoms in total. The van der Waals surface area contributed by atoms with Crippen molar-refractivity contribution >= 4 is 57.7 Å². The standard InChI is InChI=1S/2C10H9N7O4.Co/c11-8-7(9(19)14-10(12)13-8)16-15-5-3-4(17(20)21)1-2-6(5)18;11-8-7(9(19)14-10(12)13-8)16-15-5-2-1-4(17(20)21)3-6(5)18;/h2*1-3,18H,(H5,11,12,13,14,19);. The van der Waals surface area contributed by atoms with Crippen LogP contribution in [-0.4, -0.2) is 45.1 Å². The van der Waals surface area contributed by atoms with E-state index in [1.54, 1.807) is 0 Å². The van der Waals surface area contributed by atoms with E-state index >= 15 is 0 Å². The van der Waals surface area contributed by atoms with E-state index < -0.39 is 27.0 Å². The van der Waals surface area contributed by atoms with Crippen LogP contribution in [0.5, 0.6) is 17.4 Å². The summed E-state index contributed by atoms with van der Waals surface area (Å²) in [5.41, 5.74) is 19.4. The second kappa shape index (κ2) is 13.7. The summed E-state index contributed by atoms with van der Waals surface area (Å²) < 4.78 is 0. The molecule has 0 aliphatic rings. The van der Waals surface area contributed by atoms with Crippen molar-refractivity contribution in [2.75, 3.05) is 22.9 Å². The minimum Gasteiger partial charge on any atom is -0.506 e. The number of anilines is 4. The van der Waals surface area contributed by atoms with Crippen LogP contribution in [0.3, 0.4) is 0 Å². The average Bonchev–Trinajstić information content (AvgIpc) is 2.89. The number of nitro benzene ring substituents is 2. The van der Waals surface area contributed by atoms with Gasteiger partial charge < -0.3 is 38.3 Å². The summed E-state index contributed by atoms with van der Waals surface area (Å²) in [5, 5.41) is 64.1. The van der Waals surface area contributed by atoms with Crippen LogP contribution in [0.2, 0.25) is 0 Å². The molecule has 2 aromatic carbocycles. The number of hydrogen-bond donors (Lipinski definition) is 8. The SMILES string of the molecule is Nc1nc(N)c(N=Nc2cc([N+](=O)[O-])ccc2O)c(O)n1.Nc1nc(N)c(N=Nc2ccc([N+](=O)[O-])cc2O)c(=O)[nH]1.[Co]. The van der Waals surface area contributed by atoms with Crippen LogP contribution < -0.4 is 28.5 Å². The minimum atomic E-state index is -0.704. The molecule has 0 saturated carbocycles. The van der Waals surface area contributed by atoms with Gasteiger partial charge >= 0.3 is 0 Å². The summed E-state index contributed by atoms with van der Waals surface area (Å²) in [6.07, 6.45) is 0. The molecule has 23 heteroatoms. The molecule has 0 atom stereocenters. The van der Waals surface area contributed by atoms with Gasteiger partial charge in [-0.15, -0.1) is 20.5 Å². The topological polar surface area (TPSA) is 372 Å². The molecule has 0 fully saturated rings. The van der Waals surface area contributed by atoms with Crippen molar-refractivity contribution in [3.05, 3.63) is 67.0 Å². The number of nitrogens with one attached hydrogen (secondary N) is 1. The molecule has 4 aromatic rings. The number of rotatable bonds is 6. The first kappa shape index (κ1) is 32.7. The van der Waals surface area contributed by atoms with E-state index in [2.05, 4.69) is 40.4 Å². The average molecular weight is 641 g/mol. The van der Waals surface area contributed by atoms with Gasteiger partial charge in [0.25, 0.3) is 16.9 Å². The van der Waals surface area contributed by atoms with Crippen molar-refractivity contribution in [2.45, 2.75) is 0 Å². The van der Waals surface area contributed by atoms with Gasteiger partial charge in [-0.2, -0.15) is 15.0 Å². The molecular weight excluding hydrogens is 623 g/mol. The molecule has 0 aliphatic carbocycles. The number of non-ortho nitro benzene ring substituents is 2. The summed E-state index contributed by atoms with van der Waals surface area (Å²) >= 11 is 0. The van der Waals surface area contributed by atoms with Gasteiger partial charge in [0.05, 0.1) is 15.9 Å². The molecule has 1 radical (unpaired) electrons. The van der Waals surface area contributed by atoms with Gasteiger partial charge in [-0.1, -0.05) is 0 Å². The summed E-state index contributed by atoms with van der Waals surface area (Å²) in [4.78, 5) is 44.2. The number of nitrogens with zero attached hydrogens (tertiary/aromatic N) is 9. The maximum absolute atomic E-state index is 11.5. The van der Waals surface area contributed by atoms with Crippen molar-refractivity contribution in [3.8, 4) is 17.4 Å². The largest absolute Gasteiger partial charge is 0.506 e. The monoisotopic (exact) mass is 641 g/mol. The zero-order chi connectivity index (χ0) is 31.1. The number of aromatic amines is 1. The van der Waals surface area contributed by atoms with E-state index in [1.165, 1.54) is 6.07 Å². The Morgan fingerprint density at radius 3 is 1.86 bits per heavy atom. The predicted molar refractivity (Wildman–Crippen MR) is 144 cm³/mol. The fraction of sp³-hybridized carbons (Fsp3) is 0. The van der Waals surface area contributed by atoms with Crippen molar-refractivity contribution in [1.82, 2.24) is 19.9 Å². The Morgan fingerprint density at radius 1 is 0.721 bits per heavy atom. The minimum absolute atomic E-state index is 0. The second-order valence-electron chi connectivity index (χ2n) is 7.58. The molecule has 4 rings (SSSR count). The van der Waals surface area contributed by atoms with E-state index in [0.29, 0.717) is 0 Å². The molecule has 2 heterocycles. The molecule has 0 aliphatic heterocycles. The Balaban J connectivity index is 0.000000293. The molecule has 225 valence electrons. The number of aromatic nitrogens is 4. The molecule has 2 aromatic heterocycles. The van der Waals surface area contributed by atoms with Gasteiger partial charge in [0.1, 0.15) is 22.9 Å². The quantitative estimate of drug-likeness (QED) is 0.0850. The van der Waals surface area contributed by atoms with E-state index in [-0.39, 0.29) is 80.2 Å². The molecule has 0 bridgehead atoms. The van der Waals surface area contributed by atoms with E-state index in [9.17, 15) is 40.3 Å². The fourth-order valence-electron chi connectivity index (χ4n) is 2.80. The number of benzene rings is 2. The number of phenolic OH excluding ortho intramolecular Hbond substituents is 2. The van der Waals surface area contributed by atoms with Crippen molar-refractivity contribution in [3.63, 3.8) is 0 Å². The van der Waals surface area contributed by atoms with E-state index in [1.807, 2.05) is 0 Å². The van der Waals surface area contributed by atoms with Gasteiger partial charge in [-0.25, -0.2) is 0 Å². The Bertz CT molecular complexity index is 1790. The predicted octanol–water partition coefficient (Wildman–Crippen LogP) is 2.34. The maximum Gasteiger partial charge on any atom is 0.282 e. The summed E-state index contributed by atoms with van der Waals surface area (Å²) in [6.45, 7) is 0. The van der Waals surface area contributed by atoms with Crippen LogP contribution in [0.4, 0.5) is 57.7 Å². The number of phenols is 2. The number of nitrogens with two attached hydrogens (primary N) is 4. The number of nitrogen functional groups attached to an aromatic ring is 4. The zero-order valence-corrected chi connectivity index (χ0v) is 22.1. The van der Waals surface area contributed by atoms with Crippen molar-refractivity contribution in [1.29, 1.82) is 0 Å². The number of hydrogen-bond acceptors (Lipinski definition) is 19. The maximum atomic E-state index is 11.5. The van der Waals surface area contributed by atoms with E-state index in [4.69, 9.17) is 22.9 Å². The number of azo groups is 2. The Labute approximate surface area is 247 Å². The summed E-state index contributed by atoms with van der Waals surface area (Å²) in [7, 11) is 0. The van der Waals surface area contributed by atoms with Crippen LogP contribution in [0.25, 0.3) is 0 Å². The first-order valence-corrected chi connectivity index (χ1v) is 10.8. The molecule has 0 amide bonds. The Morgan fingerprint density at radius 2 is 1.28 bits per heavy atom. The van der Waals surface area contributed by atoms with Crippen molar-refractivity contribution in [2.24, 2.45) is 20.5 Å². The third-order valence-corrected chi connectivity index (χ3v) is 4.71. The normalized spacial score (nSPS) is 10.6. The summed E-state index contributed by atoms with van der Waals surface area (Å²) in [6, 6.07) is 6.41. The van der Waals surface area contributed by atoms with Gasteiger partial charge in [-0.3, -0.25) is 30.0 Å². The zero-order valence-electron chi connectivity index (χ0n) is 21.0. The Kier molecular flexibility index (Phi) is 10.4. The van der Waals surface area contributed by atoms with Crippen LogP contribution in [0.15, 0.2) is 61.6 Å². The smallest absolute Gasteiger partial charge is 0.282 e. The fourth-order valence-corrected chi connectivity index (χ4v) is 2.80. The third kappa shape index (κ3) is 8.25. The third-order valence-electron chi connectivity index (χ3n) is 4.71. The van der Waals surface area contributed by atoms with Crippen LogP contribution in [0, 0.1) is 20.2 Å². The molecule has 0 unspecified atom stereocenters. The molecule has 43 heavy (non-hydrogen) atoms. The van der Waals surface area contributed by atoms with Crippen LogP contribution in [-0.2, 0) is 16.8 Å². The first-order valence-electron chi connectivity index (χ1n) is 10.8. The summed E-state index contributed by atoms with van der Waals surface area (Å²) in [5.74, 6) is -2.29. The number of H-pyrrole nitrogens is 1. The Hall–Kier alpha value is -6.49. The van der Waals surface area contributed by atoms with Gasteiger partial charge in [0.15, 0.2) is 23.0 Å². The molecular formula is C20H18CoN14O8. The number of nitro groups is 2. The van der Waals surface area contributed by atoms with Crippen molar-refractivity contribution < 1.29 is 41.9 Å². The second-order valence-corrected chi connectivity index (χ2v) is 7.58.